The van der Waals surface area contributed by atoms with E-state index in [1.165, 1.54) is 73.6 Å². The molecule has 0 spiro atoms. The smallest absolute Gasteiger partial charge is 0.248 e. The van der Waals surface area contributed by atoms with E-state index in [0.29, 0.717) is 18.7 Å². The Morgan fingerprint density at radius 2 is 0.976 bits per heavy atom. The van der Waals surface area contributed by atoms with Gasteiger partial charge < -0.3 is 55.4 Å². The van der Waals surface area contributed by atoms with Crippen molar-refractivity contribution < 1.29 is 53.1 Å². The van der Waals surface area contributed by atoms with Crippen LogP contribution in [-0.4, -0.2) is 215 Å². The number of hydrogen-bond acceptors (Lipinski definition) is 11. The van der Waals surface area contributed by atoms with Crippen LogP contribution in [0, 0.1) is 17.8 Å². The molecule has 21 nitrogen and oxygen atoms in total. The van der Waals surface area contributed by atoms with Crippen LogP contribution in [0.4, 0.5) is 0 Å². The predicted molar refractivity (Wildman–Crippen MR) is 317 cm³/mol. The minimum Gasteiger partial charge on any atom is -0.391 e. The topological polar surface area (TPSA) is 250 Å². The minimum absolute atomic E-state index is 0.0101. The third-order valence-electron chi connectivity index (χ3n) is 16.1. The van der Waals surface area contributed by atoms with Crippen molar-refractivity contribution in [2.75, 3.05) is 61.9 Å². The van der Waals surface area contributed by atoms with Gasteiger partial charge in [-0.05, 0) is 87.7 Å². The van der Waals surface area contributed by atoms with Gasteiger partial charge in [0, 0.05) is 81.2 Å². The Morgan fingerprint density at radius 3 is 1.48 bits per heavy atom. The number of carbonyl (C=O) groups excluding carboxylic acids is 10. The van der Waals surface area contributed by atoms with Crippen molar-refractivity contribution in [3.05, 3.63) is 71.8 Å². The highest BCUT2D eigenvalue weighted by Gasteiger charge is 2.42. The van der Waals surface area contributed by atoms with Gasteiger partial charge in [-0.25, -0.2) is 0 Å². The first-order chi connectivity index (χ1) is 39.0. The average Bonchev–Trinajstić information content (AvgIpc) is 3.60. The van der Waals surface area contributed by atoms with E-state index in [4.69, 9.17) is 0 Å². The van der Waals surface area contributed by atoms with Crippen LogP contribution >= 0.6 is 0 Å². The molecule has 0 saturated carbocycles. The van der Waals surface area contributed by atoms with Crippen LogP contribution in [0.2, 0.25) is 0 Å². The number of hydrogen-bond donors (Lipinski definition) is 4. The summed E-state index contributed by atoms with van der Waals surface area (Å²) in [7, 11) is 8.73. The predicted octanol–water partition coefficient (Wildman–Crippen LogP) is 3.26. The van der Waals surface area contributed by atoms with E-state index in [9.17, 15) is 43.5 Å². The number of carbonyl (C=O) groups is 10. The molecule has 460 valence electrons. The standard InChI is InChI=1S/C62H96N10O11/c1-39(2)33-46-59(80)71(14)51(37-45-27-20-16-21-28-45)61(82)70(13)49(35-41(5)6)57(78)65-54(43(8)73)62(83)67(10)42(7)58(79)69(12)48(34-40(3)4)55(76)64-47(60(81)72-31-22-17-23-32-72)38-53(75)66(9)30-24-29-52(74)68(11)50(56(77)63-46)36-44-25-18-15-19-26-44/h15-16,18-21,25-28,39-43,46-51,54,73H,17,22-24,29-38H2,1-14H3,(H,63,77)(H,64,76)(H,65,78)/t42-,43+,46-,47-,48-,49-,50-,51-,54-/m0/s1. The number of rotatable bonds is 12. The summed E-state index contributed by atoms with van der Waals surface area (Å²) in [4.78, 5) is 155. The fourth-order valence-electron chi connectivity index (χ4n) is 10.7. The maximum atomic E-state index is 15.2. The second-order valence-corrected chi connectivity index (χ2v) is 24.2. The van der Waals surface area contributed by atoms with E-state index < -0.39 is 120 Å². The van der Waals surface area contributed by atoms with Crippen molar-refractivity contribution >= 4 is 59.1 Å². The van der Waals surface area contributed by atoms with Gasteiger partial charge in [0.05, 0.1) is 12.5 Å². The van der Waals surface area contributed by atoms with E-state index in [1.54, 1.807) is 24.1 Å². The lowest BCUT2D eigenvalue weighted by molar-refractivity contribution is -0.152. The molecule has 4 rings (SSSR count). The van der Waals surface area contributed by atoms with Crippen LogP contribution < -0.4 is 16.0 Å². The highest BCUT2D eigenvalue weighted by molar-refractivity contribution is 5.99. The van der Waals surface area contributed by atoms with Crippen molar-refractivity contribution in [2.45, 2.75) is 180 Å². The summed E-state index contributed by atoms with van der Waals surface area (Å²) in [5.74, 6) is -6.64. The molecule has 0 radical (unpaired) electrons. The van der Waals surface area contributed by atoms with Gasteiger partial charge in [-0.15, -0.1) is 0 Å². The Morgan fingerprint density at radius 1 is 0.506 bits per heavy atom. The van der Waals surface area contributed by atoms with Crippen LogP contribution in [0.15, 0.2) is 60.7 Å². The van der Waals surface area contributed by atoms with Gasteiger partial charge in [0.15, 0.2) is 0 Å². The van der Waals surface area contributed by atoms with E-state index in [2.05, 4.69) is 16.0 Å². The Bertz CT molecular complexity index is 2520. The summed E-state index contributed by atoms with van der Waals surface area (Å²) in [5, 5.41) is 19.7. The minimum atomic E-state index is -1.62. The van der Waals surface area contributed by atoms with Gasteiger partial charge in [-0.1, -0.05) is 102 Å². The Labute approximate surface area is 492 Å². The number of piperidine rings is 1. The molecule has 21 heteroatoms. The molecule has 2 aromatic carbocycles. The van der Waals surface area contributed by atoms with Crippen LogP contribution in [0.25, 0.3) is 0 Å². The van der Waals surface area contributed by atoms with E-state index in [0.717, 1.165) is 29.7 Å². The van der Waals surface area contributed by atoms with Gasteiger partial charge in [-0.3, -0.25) is 47.9 Å². The maximum Gasteiger partial charge on any atom is 0.248 e. The van der Waals surface area contributed by atoms with Crippen molar-refractivity contribution in [3.8, 4) is 0 Å². The monoisotopic (exact) mass is 1160 g/mol. The van der Waals surface area contributed by atoms with Crippen LogP contribution in [0.1, 0.15) is 124 Å². The van der Waals surface area contributed by atoms with Crippen LogP contribution in [0.3, 0.4) is 0 Å². The molecular formula is C62H96N10O11. The summed E-state index contributed by atoms with van der Waals surface area (Å²) < 4.78 is 0. The van der Waals surface area contributed by atoms with Gasteiger partial charge in [0.25, 0.3) is 0 Å². The number of nitrogens with zero attached hydrogens (tertiary/aromatic N) is 7. The molecule has 9 atom stereocenters. The molecule has 0 aromatic heterocycles. The zero-order valence-electron chi connectivity index (χ0n) is 51.8. The molecular weight excluding hydrogens is 1060 g/mol. The summed E-state index contributed by atoms with van der Waals surface area (Å²) >= 11 is 0. The number of nitrogens with one attached hydrogen (secondary N) is 3. The summed E-state index contributed by atoms with van der Waals surface area (Å²) in [6, 6.07) is 8.01. The number of aliphatic hydroxyl groups excluding tert-OH is 1. The normalized spacial score (nSPS) is 25.3. The first kappa shape index (κ1) is 68.6. The Kier molecular flexibility index (Phi) is 26.6. The largest absolute Gasteiger partial charge is 0.391 e. The van der Waals surface area contributed by atoms with E-state index in [-0.39, 0.29) is 69.2 Å². The van der Waals surface area contributed by atoms with Crippen LogP contribution in [0.5, 0.6) is 0 Å². The molecule has 2 aromatic rings. The molecule has 2 saturated heterocycles. The molecule has 0 unspecified atom stereocenters. The zero-order valence-corrected chi connectivity index (χ0v) is 51.8. The second kappa shape index (κ2) is 32.2. The van der Waals surface area contributed by atoms with E-state index in [1.807, 2.05) is 90.1 Å². The fourth-order valence-corrected chi connectivity index (χ4v) is 10.7. The van der Waals surface area contributed by atoms with Gasteiger partial charge in [-0.2, -0.15) is 0 Å². The number of benzene rings is 2. The van der Waals surface area contributed by atoms with Gasteiger partial charge in [0.2, 0.25) is 59.1 Å². The number of likely N-dealkylation sites (N-methyl/N-ethyl adjacent to an activating group) is 5. The lowest BCUT2D eigenvalue weighted by Crippen LogP contribution is -2.62. The fraction of sp³-hybridized carbons (Fsp3) is 0.645. The molecule has 10 amide bonds. The summed E-state index contributed by atoms with van der Waals surface area (Å²) in [6.45, 7) is 14.9. The van der Waals surface area contributed by atoms with Crippen molar-refractivity contribution in [3.63, 3.8) is 0 Å². The second-order valence-electron chi connectivity index (χ2n) is 24.2. The molecule has 0 bridgehead atoms. The lowest BCUT2D eigenvalue weighted by atomic mass is 9.97. The SMILES string of the molecule is CC(C)C[C@@H]1NC(=O)[C@H](Cc2ccccc2)N(C)C(=O)CCCN(C)C(=O)C[C@@H](C(=O)N2CCCCC2)NC(=O)[C@H](CC(C)C)N(C)C(=O)[C@H](C)N(C)C(=O)[C@H]([C@@H](C)O)NC(=O)[C@H](CC(C)C)N(C)C(=O)[C@H](Cc2ccccc2)N(C)C1=O. The average molecular weight is 1160 g/mol. The molecule has 4 N–H and O–H groups in total. The summed E-state index contributed by atoms with van der Waals surface area (Å²) in [6.07, 6.45) is 1.04. The molecule has 83 heavy (non-hydrogen) atoms. The number of likely N-dealkylation sites (tertiary alicyclic amines) is 1. The van der Waals surface area contributed by atoms with Gasteiger partial charge in [0.1, 0.15) is 48.3 Å². The maximum absolute atomic E-state index is 15.2. The van der Waals surface area contributed by atoms with Crippen LogP contribution in [-0.2, 0) is 60.8 Å². The third-order valence-corrected chi connectivity index (χ3v) is 16.1. The highest BCUT2D eigenvalue weighted by atomic mass is 16.3. The van der Waals surface area contributed by atoms with Crippen molar-refractivity contribution in [2.24, 2.45) is 17.8 Å². The van der Waals surface area contributed by atoms with Gasteiger partial charge >= 0.3 is 0 Å². The Balaban J connectivity index is 1.86. The molecule has 2 aliphatic heterocycles. The molecule has 2 heterocycles. The zero-order chi connectivity index (χ0) is 62.0. The number of aliphatic hydroxyl groups is 1. The molecule has 2 fully saturated rings. The lowest BCUT2D eigenvalue weighted by Gasteiger charge is -2.38. The van der Waals surface area contributed by atoms with E-state index >= 15 is 9.59 Å². The quantitative estimate of drug-likeness (QED) is 0.240. The first-order valence-electron chi connectivity index (χ1n) is 29.6. The number of amides is 10. The summed E-state index contributed by atoms with van der Waals surface area (Å²) in [5.41, 5.74) is 1.44. The first-order valence-corrected chi connectivity index (χ1v) is 29.6. The highest BCUT2D eigenvalue weighted by Crippen LogP contribution is 2.22. The molecule has 2 aliphatic rings. The van der Waals surface area contributed by atoms with Crippen molar-refractivity contribution in [1.29, 1.82) is 0 Å². The Hall–Kier alpha value is -6.90. The van der Waals surface area contributed by atoms with Crippen molar-refractivity contribution in [1.82, 2.24) is 50.2 Å². The third kappa shape index (κ3) is 19.6. The molecule has 0 aliphatic carbocycles.